The van der Waals surface area contributed by atoms with Gasteiger partial charge in [-0.25, -0.2) is 13.4 Å². The van der Waals surface area contributed by atoms with E-state index in [2.05, 4.69) is 4.90 Å². The van der Waals surface area contributed by atoms with Gasteiger partial charge in [0.15, 0.2) is 5.13 Å². The molecule has 1 saturated heterocycles. The van der Waals surface area contributed by atoms with Crippen LogP contribution in [0, 0.1) is 6.92 Å². The van der Waals surface area contributed by atoms with Crippen LogP contribution in [0.5, 0.6) is 5.75 Å². The molecule has 39 heavy (non-hydrogen) atoms. The minimum atomic E-state index is -3.70. The lowest BCUT2D eigenvalue weighted by Crippen LogP contribution is -2.48. The van der Waals surface area contributed by atoms with Gasteiger partial charge in [0.2, 0.25) is 10.0 Å². The van der Waals surface area contributed by atoms with E-state index in [0.717, 1.165) is 28.7 Å². The van der Waals surface area contributed by atoms with Crippen molar-refractivity contribution in [2.45, 2.75) is 44.3 Å². The van der Waals surface area contributed by atoms with Gasteiger partial charge in [-0.1, -0.05) is 17.4 Å². The van der Waals surface area contributed by atoms with Gasteiger partial charge in [-0.05, 0) is 83.7 Å². The Kier molecular flexibility index (Phi) is 10.4. The molecular weight excluding hydrogens is 560 g/mol. The molecule has 0 bridgehead atoms. The monoisotopic (exact) mass is 596 g/mol. The Labute approximate surface area is 241 Å². The number of carbonyl (C=O) groups is 1. The van der Waals surface area contributed by atoms with E-state index in [1.807, 2.05) is 47.0 Å². The third-order valence-electron chi connectivity index (χ3n) is 6.50. The number of nitrogens with zero attached hydrogens (tertiary/aromatic N) is 4. The molecule has 1 aliphatic rings. The quantitative estimate of drug-likeness (QED) is 0.361. The van der Waals surface area contributed by atoms with Crippen LogP contribution < -0.4 is 9.64 Å². The number of halogens is 1. The van der Waals surface area contributed by atoms with E-state index in [1.165, 1.54) is 27.8 Å². The number of ether oxygens (including phenoxy) is 2. The largest absolute Gasteiger partial charge is 0.494 e. The van der Waals surface area contributed by atoms with Gasteiger partial charge in [0.25, 0.3) is 5.91 Å². The smallest absolute Gasteiger partial charge is 0.260 e. The molecule has 0 N–H and O–H groups in total. The number of morpholine rings is 1. The molecule has 4 rings (SSSR count). The SMILES string of the molecule is COc1ccc(C)c2sc(N(CCCN(C)C)C(=O)c3ccc(S(=O)(=O)N4CC(C)OC(C)C4)cc3)nc12.Cl. The minimum Gasteiger partial charge on any atom is -0.494 e. The highest BCUT2D eigenvalue weighted by Crippen LogP contribution is 2.37. The lowest BCUT2D eigenvalue weighted by Gasteiger charge is -2.34. The molecule has 2 aromatic carbocycles. The summed E-state index contributed by atoms with van der Waals surface area (Å²) < 4.78 is 40.1. The zero-order valence-corrected chi connectivity index (χ0v) is 25.7. The van der Waals surface area contributed by atoms with Crippen molar-refractivity contribution >= 4 is 55.0 Å². The Balaban J connectivity index is 0.00000420. The van der Waals surface area contributed by atoms with E-state index in [1.54, 1.807) is 24.1 Å². The lowest BCUT2D eigenvalue weighted by molar-refractivity contribution is -0.0440. The Hall–Kier alpha value is -2.28. The van der Waals surface area contributed by atoms with Crippen molar-refractivity contribution in [3.63, 3.8) is 0 Å². The first kappa shape index (κ1) is 31.3. The maximum absolute atomic E-state index is 13.8. The highest BCUT2D eigenvalue weighted by atomic mass is 35.5. The predicted octanol–water partition coefficient (Wildman–Crippen LogP) is 4.43. The number of aromatic nitrogens is 1. The summed E-state index contributed by atoms with van der Waals surface area (Å²) in [7, 11) is 1.90. The number of hydrogen-bond donors (Lipinski definition) is 0. The average molecular weight is 597 g/mol. The van der Waals surface area contributed by atoms with Crippen molar-refractivity contribution < 1.29 is 22.7 Å². The van der Waals surface area contributed by atoms with Gasteiger partial charge < -0.3 is 14.4 Å². The number of thiazole rings is 1. The number of methoxy groups -OCH3 is 1. The van der Waals surface area contributed by atoms with Crippen LogP contribution in [-0.2, 0) is 14.8 Å². The molecule has 0 aliphatic carbocycles. The van der Waals surface area contributed by atoms with Crippen LogP contribution in [0.3, 0.4) is 0 Å². The highest BCUT2D eigenvalue weighted by Gasteiger charge is 2.32. The molecule has 0 saturated carbocycles. The van der Waals surface area contributed by atoms with Crippen molar-refractivity contribution in [2.75, 3.05) is 52.3 Å². The summed E-state index contributed by atoms with van der Waals surface area (Å²) in [6.07, 6.45) is 0.396. The molecule has 1 aliphatic heterocycles. The zero-order chi connectivity index (χ0) is 27.6. The van der Waals surface area contributed by atoms with Crippen molar-refractivity contribution in [1.29, 1.82) is 0 Å². The summed E-state index contributed by atoms with van der Waals surface area (Å²) in [5, 5.41) is 0.587. The van der Waals surface area contributed by atoms with Crippen LogP contribution in [0.2, 0.25) is 0 Å². The second-order valence-electron chi connectivity index (χ2n) is 9.98. The second-order valence-corrected chi connectivity index (χ2v) is 12.9. The van der Waals surface area contributed by atoms with Gasteiger partial charge in [-0.3, -0.25) is 9.69 Å². The summed E-state index contributed by atoms with van der Waals surface area (Å²) in [5.74, 6) is 0.437. The maximum atomic E-state index is 13.8. The van der Waals surface area contributed by atoms with Crippen molar-refractivity contribution in [3.05, 3.63) is 47.5 Å². The summed E-state index contributed by atoms with van der Waals surface area (Å²) in [4.78, 5) is 22.5. The number of anilines is 1. The molecule has 1 aromatic heterocycles. The number of sulfonamides is 1. The first-order chi connectivity index (χ1) is 18.0. The van der Waals surface area contributed by atoms with E-state index in [0.29, 0.717) is 36.1 Å². The summed E-state index contributed by atoms with van der Waals surface area (Å²) >= 11 is 1.46. The lowest BCUT2D eigenvalue weighted by atomic mass is 10.2. The van der Waals surface area contributed by atoms with Gasteiger partial charge in [0, 0.05) is 25.2 Å². The molecule has 214 valence electrons. The van der Waals surface area contributed by atoms with Crippen LogP contribution >= 0.6 is 23.7 Å². The Bertz CT molecular complexity index is 1390. The van der Waals surface area contributed by atoms with Gasteiger partial charge in [-0.15, -0.1) is 12.4 Å². The Morgan fingerprint density at radius 1 is 1.10 bits per heavy atom. The fourth-order valence-electron chi connectivity index (χ4n) is 4.61. The molecule has 2 atom stereocenters. The summed E-state index contributed by atoms with van der Waals surface area (Å²) in [5.41, 5.74) is 2.19. The number of hydrogen-bond acceptors (Lipinski definition) is 8. The van der Waals surface area contributed by atoms with Crippen molar-refractivity contribution in [2.24, 2.45) is 0 Å². The topological polar surface area (TPSA) is 92.3 Å². The molecule has 0 spiro atoms. The molecule has 12 heteroatoms. The molecule has 3 aromatic rings. The number of fused-ring (bicyclic) bond motifs is 1. The summed E-state index contributed by atoms with van der Waals surface area (Å²) in [6, 6.07) is 10.1. The number of aryl methyl sites for hydroxylation is 1. The molecule has 1 amide bonds. The molecule has 9 nitrogen and oxygen atoms in total. The van der Waals surface area contributed by atoms with Crippen LogP contribution in [-0.4, -0.2) is 88.1 Å². The third-order valence-corrected chi connectivity index (χ3v) is 9.56. The molecule has 2 heterocycles. The van der Waals surface area contributed by atoms with Crippen LogP contribution in [0.15, 0.2) is 41.3 Å². The first-order valence-corrected chi connectivity index (χ1v) is 14.9. The van der Waals surface area contributed by atoms with E-state index in [9.17, 15) is 13.2 Å². The molecule has 2 unspecified atom stereocenters. The van der Waals surface area contributed by atoms with E-state index >= 15 is 0 Å². The number of carbonyl (C=O) groups excluding carboxylic acids is 1. The van der Waals surface area contributed by atoms with Crippen LogP contribution in [0.1, 0.15) is 36.2 Å². The number of benzene rings is 2. The van der Waals surface area contributed by atoms with E-state index in [-0.39, 0.29) is 35.4 Å². The Morgan fingerprint density at radius 3 is 2.33 bits per heavy atom. The predicted molar refractivity (Wildman–Crippen MR) is 158 cm³/mol. The first-order valence-electron chi connectivity index (χ1n) is 12.7. The Morgan fingerprint density at radius 2 is 1.74 bits per heavy atom. The fraction of sp³-hybridized carbons (Fsp3) is 0.481. The third kappa shape index (κ3) is 6.90. The highest BCUT2D eigenvalue weighted by molar-refractivity contribution is 7.89. The second kappa shape index (κ2) is 12.9. The van der Waals surface area contributed by atoms with E-state index < -0.39 is 10.0 Å². The minimum absolute atomic E-state index is 0. The van der Waals surface area contributed by atoms with E-state index in [4.69, 9.17) is 14.5 Å². The van der Waals surface area contributed by atoms with Gasteiger partial charge >= 0.3 is 0 Å². The maximum Gasteiger partial charge on any atom is 0.260 e. The average Bonchev–Trinajstić information content (AvgIpc) is 3.32. The molecule has 0 radical (unpaired) electrons. The van der Waals surface area contributed by atoms with Gasteiger partial charge in [-0.2, -0.15) is 4.31 Å². The normalized spacial score (nSPS) is 18.2. The van der Waals surface area contributed by atoms with Crippen LogP contribution in [0.4, 0.5) is 5.13 Å². The van der Waals surface area contributed by atoms with Crippen molar-refractivity contribution in [1.82, 2.24) is 14.2 Å². The molecule has 1 fully saturated rings. The standard InChI is InChI=1S/C27H36N4O5S2.ClH/c1-18-8-13-23(35-6)24-25(18)37-27(28-24)31(15-7-14-29(4)5)26(32)21-9-11-22(12-10-21)38(33,34)30-16-19(2)36-20(3)17-30;/h8-13,19-20H,7,14-17H2,1-6H3;1H. The summed E-state index contributed by atoms with van der Waals surface area (Å²) in [6.45, 7) is 7.62. The zero-order valence-electron chi connectivity index (χ0n) is 23.2. The van der Waals surface area contributed by atoms with Crippen LogP contribution in [0.25, 0.3) is 10.2 Å². The van der Waals surface area contributed by atoms with Gasteiger partial charge in [0.1, 0.15) is 11.3 Å². The van der Waals surface area contributed by atoms with Gasteiger partial charge in [0.05, 0.1) is 28.9 Å². The van der Waals surface area contributed by atoms with Crippen molar-refractivity contribution in [3.8, 4) is 5.75 Å². The number of rotatable bonds is 9. The number of amides is 1. The molecular formula is C27H37ClN4O5S2. The fourth-order valence-corrected chi connectivity index (χ4v) is 7.28.